The molecule has 0 spiro atoms. The van der Waals surface area contributed by atoms with Crippen molar-refractivity contribution in [1.82, 2.24) is 9.80 Å². The zero-order chi connectivity index (χ0) is 15.2. The number of carbonyl (C=O) groups excluding carboxylic acids is 1. The summed E-state index contributed by atoms with van der Waals surface area (Å²) >= 11 is 0. The maximum atomic E-state index is 12.7. The van der Waals surface area contributed by atoms with E-state index in [0.717, 1.165) is 31.8 Å². The first kappa shape index (κ1) is 15.8. The van der Waals surface area contributed by atoms with Crippen LogP contribution in [0.1, 0.15) is 23.7 Å². The first-order valence-electron chi connectivity index (χ1n) is 7.58. The van der Waals surface area contributed by atoms with Crippen molar-refractivity contribution < 1.29 is 9.53 Å². The van der Waals surface area contributed by atoms with Gasteiger partial charge in [-0.15, -0.1) is 0 Å². The Balaban J connectivity index is 2.11. The van der Waals surface area contributed by atoms with Crippen molar-refractivity contribution in [1.29, 1.82) is 0 Å². The first-order valence-corrected chi connectivity index (χ1v) is 7.58. The highest BCUT2D eigenvalue weighted by atomic mass is 16.5. The summed E-state index contributed by atoms with van der Waals surface area (Å²) in [6.07, 6.45) is 0.950. The van der Waals surface area contributed by atoms with E-state index in [1.165, 1.54) is 0 Å². The van der Waals surface area contributed by atoms with Gasteiger partial charge in [-0.25, -0.2) is 0 Å². The largest absolute Gasteiger partial charge is 0.494 e. The van der Waals surface area contributed by atoms with Crippen LogP contribution >= 0.6 is 0 Å². The van der Waals surface area contributed by atoms with Crippen molar-refractivity contribution in [3.05, 3.63) is 29.8 Å². The fraction of sp³-hybridized carbons (Fsp3) is 0.562. The average Bonchev–Trinajstić information content (AvgIpc) is 2.52. The molecule has 0 aromatic heterocycles. The van der Waals surface area contributed by atoms with E-state index in [2.05, 4.69) is 18.9 Å². The minimum absolute atomic E-state index is 0.0421. The van der Waals surface area contributed by atoms with E-state index in [9.17, 15) is 4.79 Å². The number of amides is 1. The molecule has 2 rings (SSSR count). The molecule has 2 N–H and O–H groups in total. The van der Waals surface area contributed by atoms with E-state index < -0.39 is 0 Å². The number of carbonyl (C=O) groups is 1. The van der Waals surface area contributed by atoms with Crippen molar-refractivity contribution in [2.24, 2.45) is 5.73 Å². The van der Waals surface area contributed by atoms with Crippen LogP contribution in [0.5, 0.6) is 5.75 Å². The summed E-state index contributed by atoms with van der Waals surface area (Å²) in [5.74, 6) is 0.793. The van der Waals surface area contributed by atoms with Gasteiger partial charge in [-0.1, -0.05) is 13.0 Å². The van der Waals surface area contributed by atoms with Crippen LogP contribution in [-0.4, -0.2) is 61.6 Å². The Labute approximate surface area is 126 Å². The Kier molecular flexibility index (Phi) is 5.59. The summed E-state index contributed by atoms with van der Waals surface area (Å²) in [5.41, 5.74) is 6.49. The maximum absolute atomic E-state index is 12.7. The van der Waals surface area contributed by atoms with Crippen LogP contribution in [0.2, 0.25) is 0 Å². The second-order valence-corrected chi connectivity index (χ2v) is 5.53. The monoisotopic (exact) mass is 291 g/mol. The van der Waals surface area contributed by atoms with Crippen LogP contribution in [-0.2, 0) is 0 Å². The number of likely N-dealkylation sites (N-methyl/N-ethyl adjacent to an activating group) is 1. The first-order chi connectivity index (χ1) is 10.2. The minimum Gasteiger partial charge on any atom is -0.494 e. The van der Waals surface area contributed by atoms with Gasteiger partial charge in [-0.05, 0) is 31.7 Å². The molecule has 5 nitrogen and oxygen atoms in total. The molecule has 1 unspecified atom stereocenters. The van der Waals surface area contributed by atoms with Gasteiger partial charge >= 0.3 is 0 Å². The Morgan fingerprint density at radius 1 is 1.43 bits per heavy atom. The zero-order valence-electron chi connectivity index (χ0n) is 12.9. The summed E-state index contributed by atoms with van der Waals surface area (Å²) in [5, 5.41) is 0. The Bertz CT molecular complexity index is 478. The number of hydrogen-bond acceptors (Lipinski definition) is 4. The minimum atomic E-state index is 0.0421. The standard InChI is InChI=1S/C16H25N3O2/c1-3-9-21-15-6-4-5-13(10-15)16(20)19-8-7-18(2)12-14(19)11-17/h4-6,10,14H,3,7-9,11-12,17H2,1-2H3. The lowest BCUT2D eigenvalue weighted by Crippen LogP contribution is -2.56. The highest BCUT2D eigenvalue weighted by Crippen LogP contribution is 2.18. The average molecular weight is 291 g/mol. The molecule has 1 aliphatic rings. The van der Waals surface area contributed by atoms with E-state index in [0.29, 0.717) is 18.7 Å². The molecule has 1 aromatic carbocycles. The number of rotatable bonds is 5. The van der Waals surface area contributed by atoms with Crippen molar-refractivity contribution in [3.63, 3.8) is 0 Å². The highest BCUT2D eigenvalue weighted by Gasteiger charge is 2.28. The molecule has 0 bridgehead atoms. The zero-order valence-corrected chi connectivity index (χ0v) is 12.9. The summed E-state index contributed by atoms with van der Waals surface area (Å²) in [7, 11) is 2.06. The molecule has 21 heavy (non-hydrogen) atoms. The molecule has 1 aliphatic heterocycles. The SMILES string of the molecule is CCCOc1cccc(C(=O)N2CCN(C)CC2CN)c1. The number of nitrogens with zero attached hydrogens (tertiary/aromatic N) is 2. The third-order valence-corrected chi connectivity index (χ3v) is 3.77. The van der Waals surface area contributed by atoms with Crippen LogP contribution in [0, 0.1) is 0 Å². The molecule has 0 radical (unpaired) electrons. The Morgan fingerprint density at radius 3 is 2.95 bits per heavy atom. The molecule has 1 aromatic rings. The molecular weight excluding hydrogens is 266 g/mol. The van der Waals surface area contributed by atoms with Gasteiger partial charge in [0.15, 0.2) is 0 Å². The molecule has 116 valence electrons. The van der Waals surface area contributed by atoms with Gasteiger partial charge in [0.1, 0.15) is 5.75 Å². The molecule has 0 aliphatic carbocycles. The lowest BCUT2D eigenvalue weighted by atomic mass is 10.1. The van der Waals surface area contributed by atoms with Crippen LogP contribution in [0.25, 0.3) is 0 Å². The van der Waals surface area contributed by atoms with E-state index in [4.69, 9.17) is 10.5 Å². The lowest BCUT2D eigenvalue weighted by molar-refractivity contribution is 0.0515. The summed E-state index contributed by atoms with van der Waals surface area (Å²) in [6, 6.07) is 7.50. The van der Waals surface area contributed by atoms with Crippen LogP contribution in [0.15, 0.2) is 24.3 Å². The van der Waals surface area contributed by atoms with E-state index in [-0.39, 0.29) is 11.9 Å². The highest BCUT2D eigenvalue weighted by molar-refractivity contribution is 5.95. The lowest BCUT2D eigenvalue weighted by Gasteiger charge is -2.39. The van der Waals surface area contributed by atoms with Crippen molar-refractivity contribution in [3.8, 4) is 5.75 Å². The molecule has 1 amide bonds. The van der Waals surface area contributed by atoms with Gasteiger partial charge in [-0.3, -0.25) is 4.79 Å². The molecule has 1 heterocycles. The van der Waals surface area contributed by atoms with Crippen molar-refractivity contribution in [2.75, 3.05) is 39.8 Å². The van der Waals surface area contributed by atoms with E-state index >= 15 is 0 Å². The number of hydrogen-bond donors (Lipinski definition) is 1. The number of ether oxygens (including phenoxy) is 1. The molecule has 1 fully saturated rings. The summed E-state index contributed by atoms with van der Waals surface area (Å²) < 4.78 is 5.60. The van der Waals surface area contributed by atoms with E-state index in [1.807, 2.05) is 29.2 Å². The predicted molar refractivity (Wildman–Crippen MR) is 83.6 cm³/mol. The number of nitrogens with two attached hydrogens (primary N) is 1. The normalized spacial score (nSPS) is 19.6. The topological polar surface area (TPSA) is 58.8 Å². The van der Waals surface area contributed by atoms with Gasteiger partial charge in [0.05, 0.1) is 12.6 Å². The maximum Gasteiger partial charge on any atom is 0.254 e. The Morgan fingerprint density at radius 2 is 2.24 bits per heavy atom. The van der Waals surface area contributed by atoms with Crippen molar-refractivity contribution in [2.45, 2.75) is 19.4 Å². The molecular formula is C16H25N3O2. The second kappa shape index (κ2) is 7.43. The smallest absolute Gasteiger partial charge is 0.254 e. The third kappa shape index (κ3) is 3.95. The fourth-order valence-electron chi connectivity index (χ4n) is 2.58. The van der Waals surface area contributed by atoms with Crippen molar-refractivity contribution >= 4 is 5.91 Å². The van der Waals surface area contributed by atoms with Gasteiger partial charge in [0.25, 0.3) is 5.91 Å². The van der Waals surface area contributed by atoms with E-state index in [1.54, 1.807) is 0 Å². The second-order valence-electron chi connectivity index (χ2n) is 5.53. The molecule has 1 saturated heterocycles. The quantitative estimate of drug-likeness (QED) is 0.885. The predicted octanol–water partition coefficient (Wildman–Crippen LogP) is 1.19. The van der Waals surface area contributed by atoms with Gasteiger partial charge in [-0.2, -0.15) is 0 Å². The van der Waals surface area contributed by atoms with Gasteiger partial charge in [0, 0.05) is 31.7 Å². The number of benzene rings is 1. The van der Waals surface area contributed by atoms with Crippen LogP contribution < -0.4 is 10.5 Å². The fourth-order valence-corrected chi connectivity index (χ4v) is 2.58. The Hall–Kier alpha value is -1.59. The van der Waals surface area contributed by atoms with Gasteiger partial charge < -0.3 is 20.3 Å². The number of piperazine rings is 1. The third-order valence-electron chi connectivity index (χ3n) is 3.77. The molecule has 0 saturated carbocycles. The van der Waals surface area contributed by atoms with Crippen LogP contribution in [0.4, 0.5) is 0 Å². The van der Waals surface area contributed by atoms with Crippen LogP contribution in [0.3, 0.4) is 0 Å². The molecule has 5 heteroatoms. The molecule has 1 atom stereocenters. The summed E-state index contributed by atoms with van der Waals surface area (Å²) in [6.45, 7) is 5.64. The van der Waals surface area contributed by atoms with Gasteiger partial charge in [0.2, 0.25) is 0 Å². The summed E-state index contributed by atoms with van der Waals surface area (Å²) in [4.78, 5) is 16.8.